The van der Waals surface area contributed by atoms with Crippen molar-refractivity contribution in [1.82, 2.24) is 10.7 Å². The predicted molar refractivity (Wildman–Crippen MR) is 129 cm³/mol. The van der Waals surface area contributed by atoms with Gasteiger partial charge in [0.2, 0.25) is 5.91 Å². The van der Waals surface area contributed by atoms with Gasteiger partial charge in [0, 0.05) is 6.42 Å². The molecular formula is C25H41N3O4. The fraction of sp³-hybridized carbons (Fsp3) is 0.640. The van der Waals surface area contributed by atoms with E-state index in [2.05, 4.69) is 22.8 Å². The van der Waals surface area contributed by atoms with E-state index in [1.54, 1.807) is 12.1 Å². The lowest BCUT2D eigenvalue weighted by Gasteiger charge is -2.06. The van der Waals surface area contributed by atoms with E-state index >= 15 is 0 Å². The number of benzene rings is 1. The Kier molecular flexibility index (Phi) is 15.5. The van der Waals surface area contributed by atoms with Crippen LogP contribution in [-0.4, -0.2) is 36.3 Å². The molecule has 0 aromatic heterocycles. The summed E-state index contributed by atoms with van der Waals surface area (Å²) in [6, 6.07) is 4.79. The number of rotatable bonds is 18. The molecule has 0 atom stereocenters. The second-order valence-electron chi connectivity index (χ2n) is 8.02. The summed E-state index contributed by atoms with van der Waals surface area (Å²) in [5, 5.41) is 16.2. The molecule has 1 aromatic rings. The molecule has 180 valence electrons. The largest absolute Gasteiger partial charge is 0.504 e. The summed E-state index contributed by atoms with van der Waals surface area (Å²) >= 11 is 0. The molecule has 7 nitrogen and oxygen atoms in total. The first-order valence-corrected chi connectivity index (χ1v) is 12.1. The van der Waals surface area contributed by atoms with Crippen LogP contribution < -0.4 is 15.5 Å². The van der Waals surface area contributed by atoms with Gasteiger partial charge in [-0.1, -0.05) is 71.1 Å². The van der Waals surface area contributed by atoms with Crippen LogP contribution >= 0.6 is 0 Å². The van der Waals surface area contributed by atoms with Gasteiger partial charge < -0.3 is 15.2 Å². The van der Waals surface area contributed by atoms with Crippen LogP contribution in [0.1, 0.15) is 96.5 Å². The van der Waals surface area contributed by atoms with E-state index in [1.807, 2.05) is 6.92 Å². The maximum atomic E-state index is 11.9. The Labute approximate surface area is 193 Å². The molecule has 0 saturated heterocycles. The third-order valence-corrected chi connectivity index (χ3v) is 5.14. The number of unbranched alkanes of at least 4 members (excludes halogenated alkanes) is 10. The summed E-state index contributed by atoms with van der Waals surface area (Å²) in [6.07, 6.45) is 15.5. The lowest BCUT2D eigenvalue weighted by atomic mass is 10.1. The van der Waals surface area contributed by atoms with Gasteiger partial charge >= 0.3 is 0 Å². The second-order valence-corrected chi connectivity index (χ2v) is 8.02. The minimum absolute atomic E-state index is 0.0496. The van der Waals surface area contributed by atoms with Crippen molar-refractivity contribution < 1.29 is 19.4 Å². The average molecular weight is 448 g/mol. The minimum atomic E-state index is -0.391. The maximum Gasteiger partial charge on any atom is 0.259 e. The molecule has 0 aliphatic heterocycles. The monoisotopic (exact) mass is 447 g/mol. The summed E-state index contributed by atoms with van der Waals surface area (Å²) < 4.78 is 5.30. The summed E-state index contributed by atoms with van der Waals surface area (Å²) in [7, 11) is 0. The SMILES string of the molecule is CCCCCCCCCCCCCC(=O)NCC(=O)N/N=C/c1ccc(O)c(OCC)c1. The zero-order valence-electron chi connectivity index (χ0n) is 19.8. The van der Waals surface area contributed by atoms with Gasteiger partial charge in [-0.15, -0.1) is 0 Å². The van der Waals surface area contributed by atoms with Crippen LogP contribution in [0.4, 0.5) is 0 Å². The highest BCUT2D eigenvalue weighted by Crippen LogP contribution is 2.26. The van der Waals surface area contributed by atoms with Gasteiger partial charge in [-0.05, 0) is 37.1 Å². The van der Waals surface area contributed by atoms with E-state index < -0.39 is 5.91 Å². The first kappa shape index (κ1) is 27.5. The third-order valence-electron chi connectivity index (χ3n) is 5.14. The fourth-order valence-corrected chi connectivity index (χ4v) is 3.32. The van der Waals surface area contributed by atoms with E-state index in [0.29, 0.717) is 24.3 Å². The summed E-state index contributed by atoms with van der Waals surface area (Å²) in [5.74, 6) is -0.0942. The molecule has 32 heavy (non-hydrogen) atoms. The number of nitrogens with one attached hydrogen (secondary N) is 2. The van der Waals surface area contributed by atoms with Crippen molar-refractivity contribution in [3.63, 3.8) is 0 Å². The number of phenols is 1. The molecule has 0 spiro atoms. The van der Waals surface area contributed by atoms with Crippen LogP contribution in [0.5, 0.6) is 11.5 Å². The van der Waals surface area contributed by atoms with Crippen LogP contribution in [0.2, 0.25) is 0 Å². The number of amides is 2. The summed E-state index contributed by atoms with van der Waals surface area (Å²) in [4.78, 5) is 23.7. The molecular weight excluding hydrogens is 406 g/mol. The molecule has 3 N–H and O–H groups in total. The molecule has 7 heteroatoms. The van der Waals surface area contributed by atoms with Crippen molar-refractivity contribution in [3.05, 3.63) is 23.8 Å². The van der Waals surface area contributed by atoms with Crippen molar-refractivity contribution in [2.45, 2.75) is 90.9 Å². The van der Waals surface area contributed by atoms with Crippen LogP contribution in [0.3, 0.4) is 0 Å². The van der Waals surface area contributed by atoms with Crippen LogP contribution in [-0.2, 0) is 9.59 Å². The topological polar surface area (TPSA) is 100 Å². The molecule has 0 aliphatic carbocycles. The van der Waals surface area contributed by atoms with E-state index in [-0.39, 0.29) is 18.2 Å². The number of ether oxygens (including phenoxy) is 1. The number of phenolic OH excluding ortho intramolecular Hbond substituents is 1. The molecule has 0 fully saturated rings. The molecule has 1 rings (SSSR count). The van der Waals surface area contributed by atoms with Crippen LogP contribution in [0.25, 0.3) is 0 Å². The Morgan fingerprint density at radius 3 is 2.19 bits per heavy atom. The number of hydrogen-bond acceptors (Lipinski definition) is 5. The van der Waals surface area contributed by atoms with Gasteiger partial charge in [0.1, 0.15) is 0 Å². The average Bonchev–Trinajstić information content (AvgIpc) is 2.78. The molecule has 0 radical (unpaired) electrons. The number of nitrogens with zero attached hydrogens (tertiary/aromatic N) is 1. The number of hydrogen-bond donors (Lipinski definition) is 3. The molecule has 0 heterocycles. The predicted octanol–water partition coefficient (Wildman–Crippen LogP) is 5.06. The maximum absolute atomic E-state index is 11.9. The molecule has 0 saturated carbocycles. The Bertz CT molecular complexity index is 692. The number of aromatic hydroxyl groups is 1. The zero-order valence-corrected chi connectivity index (χ0v) is 19.8. The summed E-state index contributed by atoms with van der Waals surface area (Å²) in [5.41, 5.74) is 3.05. The molecule has 1 aromatic carbocycles. The Hall–Kier alpha value is -2.57. The van der Waals surface area contributed by atoms with Gasteiger partial charge in [-0.3, -0.25) is 9.59 Å². The van der Waals surface area contributed by atoms with E-state index in [1.165, 1.54) is 70.1 Å². The molecule has 2 amide bonds. The van der Waals surface area contributed by atoms with Crippen LogP contribution in [0.15, 0.2) is 23.3 Å². The Morgan fingerprint density at radius 2 is 1.56 bits per heavy atom. The minimum Gasteiger partial charge on any atom is -0.504 e. The Balaban J connectivity index is 2.06. The highest BCUT2D eigenvalue weighted by atomic mass is 16.5. The van der Waals surface area contributed by atoms with Crippen molar-refractivity contribution in [2.75, 3.05) is 13.2 Å². The van der Waals surface area contributed by atoms with Gasteiger partial charge in [-0.25, -0.2) is 5.43 Å². The van der Waals surface area contributed by atoms with E-state index in [0.717, 1.165) is 12.8 Å². The van der Waals surface area contributed by atoms with Crippen molar-refractivity contribution in [1.29, 1.82) is 0 Å². The van der Waals surface area contributed by atoms with Crippen molar-refractivity contribution in [3.8, 4) is 11.5 Å². The molecule has 0 unspecified atom stereocenters. The lowest BCUT2D eigenvalue weighted by molar-refractivity contribution is -0.126. The quantitative estimate of drug-likeness (QED) is 0.166. The van der Waals surface area contributed by atoms with Gasteiger partial charge in [0.15, 0.2) is 11.5 Å². The number of carbonyl (C=O) groups is 2. The lowest BCUT2D eigenvalue weighted by Crippen LogP contribution is -2.34. The highest BCUT2D eigenvalue weighted by Gasteiger charge is 2.05. The van der Waals surface area contributed by atoms with E-state index in [4.69, 9.17) is 4.74 Å². The zero-order chi connectivity index (χ0) is 23.4. The smallest absolute Gasteiger partial charge is 0.259 e. The number of carbonyl (C=O) groups excluding carboxylic acids is 2. The van der Waals surface area contributed by atoms with Crippen molar-refractivity contribution in [2.24, 2.45) is 5.10 Å². The third kappa shape index (κ3) is 13.7. The van der Waals surface area contributed by atoms with Crippen molar-refractivity contribution >= 4 is 18.0 Å². The first-order chi connectivity index (χ1) is 15.6. The summed E-state index contributed by atoms with van der Waals surface area (Å²) in [6.45, 7) is 4.40. The van der Waals surface area contributed by atoms with Gasteiger partial charge in [0.05, 0.1) is 19.4 Å². The Morgan fingerprint density at radius 1 is 0.938 bits per heavy atom. The van der Waals surface area contributed by atoms with E-state index in [9.17, 15) is 14.7 Å². The van der Waals surface area contributed by atoms with Gasteiger partial charge in [-0.2, -0.15) is 5.10 Å². The standard InChI is InChI=1S/C25H41N3O4/c1-3-5-6-7-8-9-10-11-12-13-14-15-24(30)26-20-25(31)28-27-19-21-16-17-22(29)23(18-21)32-4-2/h16-19,29H,3-15,20H2,1-2H3,(H,26,30)(H,28,31)/b27-19+. The normalized spacial score (nSPS) is 10.9. The number of hydrazone groups is 1. The second kappa shape index (κ2) is 18.0. The highest BCUT2D eigenvalue weighted by molar-refractivity contribution is 5.86. The molecule has 0 aliphatic rings. The van der Waals surface area contributed by atoms with Crippen LogP contribution in [0, 0.1) is 0 Å². The first-order valence-electron chi connectivity index (χ1n) is 12.1. The van der Waals surface area contributed by atoms with Gasteiger partial charge in [0.25, 0.3) is 5.91 Å². The molecule has 0 bridgehead atoms. The fourth-order valence-electron chi connectivity index (χ4n) is 3.32.